The van der Waals surface area contributed by atoms with E-state index in [-0.39, 0.29) is 13.0 Å². The first kappa shape index (κ1) is 16.8. The molecule has 0 aromatic heterocycles. The standard InChI is InChI=1S/C13H15F3N2O3/c1-8(6-11(19)20)18-12(21)17-7-9-2-4-10(5-3-9)13(14,15)16/h2-5,8H,6-7H2,1H3,(H,19,20)(H2,17,18,21). The van der Waals surface area contributed by atoms with Crippen molar-refractivity contribution >= 4 is 12.0 Å². The Morgan fingerprint density at radius 3 is 2.29 bits per heavy atom. The van der Waals surface area contributed by atoms with Crippen molar-refractivity contribution in [3.63, 3.8) is 0 Å². The number of hydrogen-bond donors (Lipinski definition) is 3. The predicted molar refractivity (Wildman–Crippen MR) is 68.5 cm³/mol. The van der Waals surface area contributed by atoms with Gasteiger partial charge in [0.2, 0.25) is 0 Å². The number of aliphatic carboxylic acids is 1. The van der Waals surface area contributed by atoms with Crippen LogP contribution in [0.5, 0.6) is 0 Å². The Morgan fingerprint density at radius 1 is 1.24 bits per heavy atom. The molecule has 0 aliphatic heterocycles. The van der Waals surface area contributed by atoms with E-state index < -0.39 is 29.8 Å². The Hall–Kier alpha value is -2.25. The first-order valence-electron chi connectivity index (χ1n) is 6.11. The quantitative estimate of drug-likeness (QED) is 0.781. The summed E-state index contributed by atoms with van der Waals surface area (Å²) < 4.78 is 37.1. The number of benzene rings is 1. The van der Waals surface area contributed by atoms with Crippen molar-refractivity contribution in [2.24, 2.45) is 0 Å². The molecule has 1 atom stereocenters. The lowest BCUT2D eigenvalue weighted by molar-refractivity contribution is -0.138. The third kappa shape index (κ3) is 6.15. The molecule has 21 heavy (non-hydrogen) atoms. The lowest BCUT2D eigenvalue weighted by Gasteiger charge is -2.13. The van der Waals surface area contributed by atoms with E-state index in [2.05, 4.69) is 10.6 Å². The maximum Gasteiger partial charge on any atom is 0.416 e. The van der Waals surface area contributed by atoms with Crippen LogP contribution in [0.1, 0.15) is 24.5 Å². The van der Waals surface area contributed by atoms with Gasteiger partial charge in [0.15, 0.2) is 0 Å². The molecule has 116 valence electrons. The highest BCUT2D eigenvalue weighted by molar-refractivity contribution is 5.75. The van der Waals surface area contributed by atoms with Gasteiger partial charge in [0, 0.05) is 12.6 Å². The van der Waals surface area contributed by atoms with Crippen molar-refractivity contribution in [2.45, 2.75) is 32.1 Å². The van der Waals surface area contributed by atoms with Crippen LogP contribution < -0.4 is 10.6 Å². The number of urea groups is 1. The zero-order valence-corrected chi connectivity index (χ0v) is 11.2. The van der Waals surface area contributed by atoms with E-state index in [4.69, 9.17) is 5.11 Å². The molecular weight excluding hydrogens is 289 g/mol. The summed E-state index contributed by atoms with van der Waals surface area (Å²) in [5, 5.41) is 13.4. The molecule has 1 aromatic rings. The molecule has 0 spiro atoms. The Bertz CT molecular complexity index is 500. The summed E-state index contributed by atoms with van der Waals surface area (Å²) in [4.78, 5) is 21.9. The normalized spacial score (nSPS) is 12.6. The number of carbonyl (C=O) groups excluding carboxylic acids is 1. The molecule has 1 unspecified atom stereocenters. The van der Waals surface area contributed by atoms with Crippen molar-refractivity contribution in [2.75, 3.05) is 0 Å². The van der Waals surface area contributed by atoms with Gasteiger partial charge in [-0.2, -0.15) is 13.2 Å². The molecule has 2 amide bonds. The van der Waals surface area contributed by atoms with E-state index >= 15 is 0 Å². The second-order valence-electron chi connectivity index (χ2n) is 4.52. The molecule has 0 fully saturated rings. The minimum Gasteiger partial charge on any atom is -0.481 e. The van der Waals surface area contributed by atoms with E-state index in [1.54, 1.807) is 0 Å². The third-order valence-electron chi connectivity index (χ3n) is 2.59. The van der Waals surface area contributed by atoms with Crippen molar-refractivity contribution < 1.29 is 27.9 Å². The predicted octanol–water partition coefficient (Wildman–Crippen LogP) is 2.37. The van der Waals surface area contributed by atoms with Crippen LogP contribution in [0, 0.1) is 0 Å². The average molecular weight is 304 g/mol. The topological polar surface area (TPSA) is 78.4 Å². The van der Waals surface area contributed by atoms with Crippen molar-refractivity contribution in [1.82, 2.24) is 10.6 Å². The average Bonchev–Trinajstić information content (AvgIpc) is 2.34. The summed E-state index contributed by atoms with van der Waals surface area (Å²) in [6.07, 6.45) is -4.61. The molecule has 0 saturated carbocycles. The van der Waals surface area contributed by atoms with Gasteiger partial charge in [0.1, 0.15) is 0 Å². The number of carboxylic acid groups (broad SMARTS) is 1. The third-order valence-corrected chi connectivity index (χ3v) is 2.59. The maximum absolute atomic E-state index is 12.4. The number of nitrogens with one attached hydrogen (secondary N) is 2. The van der Waals surface area contributed by atoms with Crippen LogP contribution in [0.4, 0.5) is 18.0 Å². The van der Waals surface area contributed by atoms with E-state index in [0.29, 0.717) is 5.56 Å². The second-order valence-corrected chi connectivity index (χ2v) is 4.52. The van der Waals surface area contributed by atoms with Gasteiger partial charge in [0.05, 0.1) is 12.0 Å². The molecule has 5 nitrogen and oxygen atoms in total. The number of rotatable bonds is 5. The number of alkyl halides is 3. The minimum absolute atomic E-state index is 0.0454. The number of amides is 2. The van der Waals surface area contributed by atoms with Gasteiger partial charge >= 0.3 is 18.2 Å². The molecule has 1 rings (SSSR count). The maximum atomic E-state index is 12.4. The molecule has 0 aliphatic carbocycles. The lowest BCUT2D eigenvalue weighted by atomic mass is 10.1. The molecule has 0 saturated heterocycles. The molecule has 3 N–H and O–H groups in total. The van der Waals surface area contributed by atoms with E-state index in [9.17, 15) is 22.8 Å². The molecule has 1 aromatic carbocycles. The highest BCUT2D eigenvalue weighted by Gasteiger charge is 2.29. The van der Waals surface area contributed by atoms with Crippen LogP contribution in [0.3, 0.4) is 0 Å². The first-order chi connectivity index (χ1) is 9.68. The summed E-state index contributed by atoms with van der Waals surface area (Å²) in [7, 11) is 0. The number of carboxylic acids is 1. The van der Waals surface area contributed by atoms with Crippen LogP contribution in [-0.4, -0.2) is 23.1 Å². The fourth-order valence-corrected chi connectivity index (χ4v) is 1.58. The smallest absolute Gasteiger partial charge is 0.416 e. The lowest BCUT2D eigenvalue weighted by Crippen LogP contribution is -2.41. The highest BCUT2D eigenvalue weighted by atomic mass is 19.4. The fraction of sp³-hybridized carbons (Fsp3) is 0.385. The van der Waals surface area contributed by atoms with Gasteiger partial charge < -0.3 is 15.7 Å². The van der Waals surface area contributed by atoms with Crippen LogP contribution in [0.15, 0.2) is 24.3 Å². The SMILES string of the molecule is CC(CC(=O)O)NC(=O)NCc1ccc(C(F)(F)F)cc1. The van der Waals surface area contributed by atoms with Gasteiger partial charge in [-0.3, -0.25) is 4.79 Å². The molecule has 0 radical (unpaired) electrons. The van der Waals surface area contributed by atoms with Crippen LogP contribution in [-0.2, 0) is 17.5 Å². The van der Waals surface area contributed by atoms with Crippen LogP contribution in [0.2, 0.25) is 0 Å². The van der Waals surface area contributed by atoms with Crippen molar-refractivity contribution in [1.29, 1.82) is 0 Å². The molecule has 0 aliphatic rings. The van der Waals surface area contributed by atoms with Crippen LogP contribution in [0.25, 0.3) is 0 Å². The molecule has 8 heteroatoms. The van der Waals surface area contributed by atoms with Crippen molar-refractivity contribution in [3.8, 4) is 0 Å². The number of carbonyl (C=O) groups is 2. The second kappa shape index (κ2) is 6.96. The first-order valence-corrected chi connectivity index (χ1v) is 6.11. The minimum atomic E-state index is -4.39. The Labute approximate surface area is 119 Å². The fourth-order valence-electron chi connectivity index (χ4n) is 1.58. The van der Waals surface area contributed by atoms with Gasteiger partial charge in [-0.1, -0.05) is 12.1 Å². The molecule has 0 heterocycles. The Morgan fingerprint density at radius 2 is 1.81 bits per heavy atom. The van der Waals surface area contributed by atoms with E-state index in [1.165, 1.54) is 19.1 Å². The Balaban J connectivity index is 2.45. The van der Waals surface area contributed by atoms with Gasteiger partial charge in [-0.25, -0.2) is 4.79 Å². The van der Waals surface area contributed by atoms with Gasteiger partial charge in [0.25, 0.3) is 0 Å². The summed E-state index contributed by atoms with van der Waals surface area (Å²) in [6, 6.07) is 3.27. The monoisotopic (exact) mass is 304 g/mol. The largest absolute Gasteiger partial charge is 0.481 e. The van der Waals surface area contributed by atoms with Gasteiger partial charge in [-0.05, 0) is 24.6 Å². The summed E-state index contributed by atoms with van der Waals surface area (Å²) in [6.45, 7) is 1.58. The summed E-state index contributed by atoms with van der Waals surface area (Å²) >= 11 is 0. The molecular formula is C13H15F3N2O3. The number of hydrogen-bond acceptors (Lipinski definition) is 2. The highest BCUT2D eigenvalue weighted by Crippen LogP contribution is 2.28. The summed E-state index contributed by atoms with van der Waals surface area (Å²) in [5.74, 6) is -1.04. The molecule has 0 bridgehead atoms. The van der Waals surface area contributed by atoms with E-state index in [1.807, 2.05) is 0 Å². The Kier molecular flexibility index (Phi) is 5.57. The number of halogens is 3. The van der Waals surface area contributed by atoms with Crippen molar-refractivity contribution in [3.05, 3.63) is 35.4 Å². The van der Waals surface area contributed by atoms with Crippen LogP contribution >= 0.6 is 0 Å². The van der Waals surface area contributed by atoms with E-state index in [0.717, 1.165) is 12.1 Å². The summed E-state index contributed by atoms with van der Waals surface area (Å²) in [5.41, 5.74) is -0.255. The zero-order valence-electron chi connectivity index (χ0n) is 11.2. The van der Waals surface area contributed by atoms with Gasteiger partial charge in [-0.15, -0.1) is 0 Å². The zero-order chi connectivity index (χ0) is 16.0.